The summed E-state index contributed by atoms with van der Waals surface area (Å²) in [5, 5.41) is 12.6. The number of carbonyl (C=O) groups is 1. The summed E-state index contributed by atoms with van der Waals surface area (Å²) in [7, 11) is 0. The molecule has 0 spiro atoms. The van der Waals surface area contributed by atoms with Crippen LogP contribution in [0.2, 0.25) is 5.02 Å². The van der Waals surface area contributed by atoms with Crippen molar-refractivity contribution < 1.29 is 4.79 Å². The highest BCUT2D eigenvalue weighted by Gasteiger charge is 2.25. The third-order valence-corrected chi connectivity index (χ3v) is 5.46. The molecule has 8 heteroatoms. The molecule has 0 unspecified atom stereocenters. The van der Waals surface area contributed by atoms with Gasteiger partial charge in [0.2, 0.25) is 11.9 Å². The monoisotopic (exact) mass is 379 g/mol. The first-order valence-corrected chi connectivity index (χ1v) is 9.77. The largest absolute Gasteiger partial charge is 0.355 e. The lowest BCUT2D eigenvalue weighted by Gasteiger charge is -2.19. The Hall–Kier alpha value is -1.73. The highest BCUT2D eigenvalue weighted by Crippen LogP contribution is 2.33. The number of amides is 1. The zero-order chi connectivity index (χ0) is 17.8. The minimum Gasteiger partial charge on any atom is -0.355 e. The van der Waals surface area contributed by atoms with Gasteiger partial charge in [-0.3, -0.25) is 9.36 Å². The molecular formula is C17H22ClN5OS. The number of benzene rings is 1. The molecule has 1 aromatic heterocycles. The number of para-hydroxylation sites is 1. The summed E-state index contributed by atoms with van der Waals surface area (Å²) in [5.41, 5.74) is 0.835. The van der Waals surface area contributed by atoms with E-state index < -0.39 is 0 Å². The molecular weight excluding hydrogens is 358 g/mol. The molecule has 1 aromatic carbocycles. The molecule has 0 bridgehead atoms. The van der Waals surface area contributed by atoms with E-state index >= 15 is 0 Å². The molecule has 1 amide bonds. The third kappa shape index (κ3) is 3.93. The summed E-state index contributed by atoms with van der Waals surface area (Å²) in [6.45, 7) is 6.31. The van der Waals surface area contributed by atoms with E-state index in [0.717, 1.165) is 37.6 Å². The van der Waals surface area contributed by atoms with E-state index in [1.807, 2.05) is 42.7 Å². The van der Waals surface area contributed by atoms with Crippen molar-refractivity contribution in [3.63, 3.8) is 0 Å². The molecule has 25 heavy (non-hydrogen) atoms. The van der Waals surface area contributed by atoms with Crippen molar-refractivity contribution in [2.45, 2.75) is 37.1 Å². The average Bonchev–Trinajstić information content (AvgIpc) is 3.25. The number of rotatable bonds is 6. The van der Waals surface area contributed by atoms with Crippen LogP contribution in [0, 0.1) is 0 Å². The molecule has 1 fully saturated rings. The summed E-state index contributed by atoms with van der Waals surface area (Å²) >= 11 is 7.83. The summed E-state index contributed by atoms with van der Waals surface area (Å²) in [4.78, 5) is 14.3. The van der Waals surface area contributed by atoms with Crippen molar-refractivity contribution in [2.24, 2.45) is 0 Å². The standard InChI is InChI=1S/C17H22ClN5OS/c1-3-19-15(24)12(2)25-17-21-20-16(22-10-6-7-11-22)23(17)14-9-5-4-8-13(14)18/h4-5,8-9,12H,3,6-7,10-11H2,1-2H3,(H,19,24)/t12-/m0/s1. The fraction of sp³-hybridized carbons (Fsp3) is 0.471. The van der Waals surface area contributed by atoms with Crippen molar-refractivity contribution >= 4 is 35.2 Å². The molecule has 1 aliphatic heterocycles. The highest BCUT2D eigenvalue weighted by atomic mass is 35.5. The van der Waals surface area contributed by atoms with Crippen LogP contribution in [-0.4, -0.2) is 45.6 Å². The number of nitrogens with zero attached hydrogens (tertiary/aromatic N) is 4. The lowest BCUT2D eigenvalue weighted by atomic mass is 10.3. The van der Waals surface area contributed by atoms with Gasteiger partial charge in [-0.05, 0) is 38.8 Å². The smallest absolute Gasteiger partial charge is 0.233 e. The number of hydrogen-bond acceptors (Lipinski definition) is 5. The van der Waals surface area contributed by atoms with E-state index in [2.05, 4.69) is 20.4 Å². The highest BCUT2D eigenvalue weighted by molar-refractivity contribution is 8.00. The molecule has 0 aliphatic carbocycles. The van der Waals surface area contributed by atoms with Gasteiger partial charge in [-0.2, -0.15) is 0 Å². The number of thioether (sulfide) groups is 1. The van der Waals surface area contributed by atoms with E-state index in [1.165, 1.54) is 11.8 Å². The first-order valence-electron chi connectivity index (χ1n) is 8.51. The summed E-state index contributed by atoms with van der Waals surface area (Å²) in [6.07, 6.45) is 2.29. The van der Waals surface area contributed by atoms with Crippen LogP contribution >= 0.6 is 23.4 Å². The van der Waals surface area contributed by atoms with Crippen LogP contribution in [0.1, 0.15) is 26.7 Å². The maximum atomic E-state index is 12.1. The fourth-order valence-electron chi connectivity index (χ4n) is 2.83. The Balaban J connectivity index is 1.98. The topological polar surface area (TPSA) is 63.1 Å². The molecule has 3 rings (SSSR count). The van der Waals surface area contributed by atoms with E-state index in [1.54, 1.807) is 0 Å². The van der Waals surface area contributed by atoms with E-state index in [4.69, 9.17) is 11.6 Å². The number of halogens is 1. The van der Waals surface area contributed by atoms with Gasteiger partial charge < -0.3 is 10.2 Å². The predicted octanol–water partition coefficient (Wildman–Crippen LogP) is 3.14. The van der Waals surface area contributed by atoms with Crippen LogP contribution < -0.4 is 10.2 Å². The quantitative estimate of drug-likeness (QED) is 0.781. The minimum absolute atomic E-state index is 0.0102. The predicted molar refractivity (Wildman–Crippen MR) is 102 cm³/mol. The van der Waals surface area contributed by atoms with Gasteiger partial charge in [0.05, 0.1) is 16.0 Å². The maximum absolute atomic E-state index is 12.1. The lowest BCUT2D eigenvalue weighted by molar-refractivity contribution is -0.120. The van der Waals surface area contributed by atoms with Crippen molar-refractivity contribution in [3.8, 4) is 5.69 Å². The van der Waals surface area contributed by atoms with Crippen LogP contribution in [0.25, 0.3) is 5.69 Å². The maximum Gasteiger partial charge on any atom is 0.233 e. The first kappa shape index (κ1) is 18.1. The Bertz CT molecular complexity index is 744. The number of anilines is 1. The number of nitrogens with one attached hydrogen (secondary N) is 1. The van der Waals surface area contributed by atoms with Crippen LogP contribution in [0.3, 0.4) is 0 Å². The molecule has 1 saturated heterocycles. The van der Waals surface area contributed by atoms with Crippen molar-refractivity contribution in [2.75, 3.05) is 24.5 Å². The second-order valence-corrected chi connectivity index (χ2v) is 7.63. The lowest BCUT2D eigenvalue weighted by Crippen LogP contribution is -2.30. The molecule has 0 radical (unpaired) electrons. The minimum atomic E-state index is -0.267. The SMILES string of the molecule is CCNC(=O)[C@H](C)Sc1nnc(N2CCCC2)n1-c1ccccc1Cl. The van der Waals surface area contributed by atoms with Gasteiger partial charge in [-0.15, -0.1) is 10.2 Å². The summed E-state index contributed by atoms with van der Waals surface area (Å²) in [6, 6.07) is 7.64. The molecule has 6 nitrogen and oxygen atoms in total. The van der Waals surface area contributed by atoms with Crippen LogP contribution in [-0.2, 0) is 4.79 Å². The Labute approximate surface area is 156 Å². The van der Waals surface area contributed by atoms with E-state index in [-0.39, 0.29) is 11.2 Å². The van der Waals surface area contributed by atoms with E-state index in [9.17, 15) is 4.79 Å². The van der Waals surface area contributed by atoms with Gasteiger partial charge in [0.1, 0.15) is 0 Å². The number of carbonyl (C=O) groups excluding carboxylic acids is 1. The van der Waals surface area contributed by atoms with Gasteiger partial charge in [-0.25, -0.2) is 0 Å². The molecule has 2 aromatic rings. The van der Waals surface area contributed by atoms with Crippen LogP contribution in [0.5, 0.6) is 0 Å². The van der Waals surface area contributed by atoms with Gasteiger partial charge in [0.25, 0.3) is 0 Å². The Morgan fingerprint density at radius 2 is 2.04 bits per heavy atom. The van der Waals surface area contributed by atoms with Crippen molar-refractivity contribution in [3.05, 3.63) is 29.3 Å². The molecule has 0 saturated carbocycles. The fourth-order valence-corrected chi connectivity index (χ4v) is 3.93. The molecule has 134 valence electrons. The zero-order valence-electron chi connectivity index (χ0n) is 14.4. The molecule has 1 aliphatic rings. The van der Waals surface area contributed by atoms with Gasteiger partial charge in [0, 0.05) is 19.6 Å². The Morgan fingerprint density at radius 1 is 1.32 bits per heavy atom. The number of hydrogen-bond donors (Lipinski definition) is 1. The third-order valence-electron chi connectivity index (χ3n) is 4.10. The second-order valence-electron chi connectivity index (χ2n) is 5.92. The Morgan fingerprint density at radius 3 is 2.72 bits per heavy atom. The normalized spacial score (nSPS) is 15.4. The Kier molecular flexibility index (Phi) is 5.86. The number of aromatic nitrogens is 3. The first-order chi connectivity index (χ1) is 12.1. The van der Waals surface area contributed by atoms with Crippen molar-refractivity contribution in [1.82, 2.24) is 20.1 Å². The van der Waals surface area contributed by atoms with E-state index in [0.29, 0.717) is 16.7 Å². The van der Waals surface area contributed by atoms with Gasteiger partial charge in [-0.1, -0.05) is 35.5 Å². The second kappa shape index (κ2) is 8.10. The molecule has 2 heterocycles. The average molecular weight is 380 g/mol. The molecule has 1 atom stereocenters. The molecule has 1 N–H and O–H groups in total. The van der Waals surface area contributed by atoms with Gasteiger partial charge >= 0.3 is 0 Å². The summed E-state index contributed by atoms with van der Waals surface area (Å²) < 4.78 is 1.97. The summed E-state index contributed by atoms with van der Waals surface area (Å²) in [5.74, 6) is 0.778. The van der Waals surface area contributed by atoms with Crippen LogP contribution in [0.4, 0.5) is 5.95 Å². The van der Waals surface area contributed by atoms with Crippen molar-refractivity contribution in [1.29, 1.82) is 0 Å². The zero-order valence-corrected chi connectivity index (χ0v) is 16.0. The van der Waals surface area contributed by atoms with Crippen LogP contribution in [0.15, 0.2) is 29.4 Å². The van der Waals surface area contributed by atoms with Gasteiger partial charge in [0.15, 0.2) is 5.16 Å².